The van der Waals surface area contributed by atoms with Crippen molar-refractivity contribution in [2.45, 2.75) is 44.7 Å². The summed E-state index contributed by atoms with van der Waals surface area (Å²) in [5.41, 5.74) is 2.38. The van der Waals surface area contributed by atoms with Crippen LogP contribution in [-0.4, -0.2) is 18.0 Å². The van der Waals surface area contributed by atoms with Crippen LogP contribution in [0.1, 0.15) is 43.6 Å². The molecule has 0 saturated heterocycles. The van der Waals surface area contributed by atoms with Crippen LogP contribution in [0, 0.1) is 0 Å². The molecule has 0 amide bonds. The summed E-state index contributed by atoms with van der Waals surface area (Å²) in [6.07, 6.45) is 2.51. The topological polar surface area (TPSA) is 78.0 Å². The number of aromatic nitrogens is 2. The van der Waals surface area contributed by atoms with Gasteiger partial charge in [-0.3, -0.25) is 0 Å². The molecule has 114 valence electrons. The Kier molecular flexibility index (Phi) is 4.49. The fraction of sp³-hybridized carbons (Fsp3) is 0.400. The molecule has 6 heteroatoms. The molecule has 21 heavy (non-hydrogen) atoms. The van der Waals surface area contributed by atoms with E-state index in [9.17, 15) is 8.42 Å². The van der Waals surface area contributed by atoms with Crippen molar-refractivity contribution in [3.8, 4) is 0 Å². The van der Waals surface area contributed by atoms with Gasteiger partial charge in [-0.05, 0) is 17.5 Å². The number of sulfonamides is 1. The van der Waals surface area contributed by atoms with E-state index in [-0.39, 0.29) is 10.9 Å². The molecule has 0 aliphatic rings. The van der Waals surface area contributed by atoms with Gasteiger partial charge < -0.3 is 4.57 Å². The van der Waals surface area contributed by atoms with Gasteiger partial charge in [0.15, 0.2) is 5.03 Å². The summed E-state index contributed by atoms with van der Waals surface area (Å²) in [4.78, 5) is 4.16. The number of primary sulfonamides is 1. The van der Waals surface area contributed by atoms with Crippen molar-refractivity contribution in [1.29, 1.82) is 0 Å². The van der Waals surface area contributed by atoms with Gasteiger partial charge in [-0.25, -0.2) is 18.5 Å². The highest BCUT2D eigenvalue weighted by Gasteiger charge is 2.18. The van der Waals surface area contributed by atoms with Gasteiger partial charge in [-0.1, -0.05) is 45.0 Å². The van der Waals surface area contributed by atoms with E-state index < -0.39 is 10.0 Å². The zero-order valence-corrected chi connectivity index (χ0v) is 13.4. The average molecular weight is 307 g/mol. The first kappa shape index (κ1) is 15.7. The van der Waals surface area contributed by atoms with Gasteiger partial charge >= 0.3 is 0 Å². The normalized spacial score (nSPS) is 12.0. The maximum Gasteiger partial charge on any atom is 0.257 e. The Labute approximate surface area is 125 Å². The molecule has 2 rings (SSSR count). The van der Waals surface area contributed by atoms with Gasteiger partial charge in [0, 0.05) is 18.7 Å². The number of imidazole rings is 1. The highest BCUT2D eigenvalue weighted by molar-refractivity contribution is 7.89. The first-order valence-electron chi connectivity index (χ1n) is 6.99. The summed E-state index contributed by atoms with van der Waals surface area (Å²) in [6, 6.07) is 8.28. The van der Waals surface area contributed by atoms with Crippen LogP contribution in [0.5, 0.6) is 0 Å². The molecule has 0 fully saturated rings. The lowest BCUT2D eigenvalue weighted by atomic mass is 10.1. The van der Waals surface area contributed by atoms with E-state index in [1.807, 2.05) is 18.4 Å². The van der Waals surface area contributed by atoms with Crippen molar-refractivity contribution in [2.75, 3.05) is 0 Å². The largest absolute Gasteiger partial charge is 0.329 e. The van der Waals surface area contributed by atoms with Gasteiger partial charge in [-0.2, -0.15) is 0 Å². The quantitative estimate of drug-likeness (QED) is 0.920. The zero-order chi connectivity index (χ0) is 15.6. The maximum absolute atomic E-state index is 11.5. The molecule has 2 aromatic rings. The number of benzene rings is 1. The summed E-state index contributed by atoms with van der Waals surface area (Å²) < 4.78 is 24.8. The van der Waals surface area contributed by atoms with Crippen LogP contribution < -0.4 is 5.14 Å². The monoisotopic (exact) mass is 307 g/mol. The van der Waals surface area contributed by atoms with E-state index in [0.717, 1.165) is 17.8 Å². The smallest absolute Gasteiger partial charge is 0.257 e. The molecule has 0 aliphatic heterocycles. The molecular formula is C15H21N3O2S. The summed E-state index contributed by atoms with van der Waals surface area (Å²) in [7, 11) is -3.77. The second-order valence-electron chi connectivity index (χ2n) is 5.44. The van der Waals surface area contributed by atoms with Gasteiger partial charge in [0.2, 0.25) is 0 Å². The predicted molar refractivity (Wildman–Crippen MR) is 82.6 cm³/mol. The lowest BCUT2D eigenvalue weighted by molar-refractivity contribution is 0.594. The highest BCUT2D eigenvalue weighted by Crippen LogP contribution is 2.18. The molecule has 5 nitrogen and oxygen atoms in total. The van der Waals surface area contributed by atoms with Crippen molar-refractivity contribution in [3.05, 3.63) is 47.4 Å². The number of aryl methyl sites for hydroxylation is 1. The second-order valence-corrected chi connectivity index (χ2v) is 6.94. The molecule has 1 heterocycles. The summed E-state index contributed by atoms with van der Waals surface area (Å²) >= 11 is 0. The first-order chi connectivity index (χ1) is 9.81. The van der Waals surface area contributed by atoms with Gasteiger partial charge in [0.25, 0.3) is 10.0 Å². The zero-order valence-electron chi connectivity index (χ0n) is 12.6. The molecule has 0 unspecified atom stereocenters. The van der Waals surface area contributed by atoms with Gasteiger partial charge in [0.1, 0.15) is 5.82 Å². The lowest BCUT2D eigenvalue weighted by Crippen LogP contribution is -2.12. The molecule has 0 atom stereocenters. The standard InChI is InChI=1S/C15H21N3O2S/c1-4-12-5-7-13(8-6-12)9-18-10-14(21(16,19)20)17-15(18)11(2)3/h5-8,10-11H,4,9H2,1-3H3,(H2,16,19,20). The third-order valence-corrected chi connectivity index (χ3v) is 4.16. The van der Waals surface area contributed by atoms with Gasteiger partial charge in [-0.15, -0.1) is 0 Å². The number of rotatable bonds is 5. The van der Waals surface area contributed by atoms with E-state index in [4.69, 9.17) is 5.14 Å². The minimum absolute atomic E-state index is 0.0728. The molecule has 1 aromatic heterocycles. The van der Waals surface area contributed by atoms with E-state index in [2.05, 4.69) is 36.2 Å². The summed E-state index contributed by atoms with van der Waals surface area (Å²) in [6.45, 7) is 6.65. The second kappa shape index (κ2) is 5.99. The fourth-order valence-electron chi connectivity index (χ4n) is 2.21. The Bertz CT molecular complexity index is 716. The van der Waals surface area contributed by atoms with E-state index in [1.54, 1.807) is 0 Å². The third-order valence-electron chi connectivity index (χ3n) is 3.38. The maximum atomic E-state index is 11.5. The molecule has 0 spiro atoms. The van der Waals surface area contributed by atoms with Crippen molar-refractivity contribution in [3.63, 3.8) is 0 Å². The Morgan fingerprint density at radius 1 is 1.19 bits per heavy atom. The van der Waals surface area contributed by atoms with Crippen molar-refractivity contribution >= 4 is 10.0 Å². The van der Waals surface area contributed by atoms with Crippen LogP contribution in [-0.2, 0) is 23.0 Å². The number of nitrogens with zero attached hydrogens (tertiary/aromatic N) is 2. The fourth-order valence-corrected chi connectivity index (χ4v) is 2.70. The first-order valence-corrected chi connectivity index (χ1v) is 8.53. The third kappa shape index (κ3) is 3.71. The Hall–Kier alpha value is -1.66. The van der Waals surface area contributed by atoms with E-state index >= 15 is 0 Å². The van der Waals surface area contributed by atoms with E-state index in [0.29, 0.717) is 6.54 Å². The summed E-state index contributed by atoms with van der Waals surface area (Å²) in [5, 5.41) is 5.09. The van der Waals surface area contributed by atoms with Crippen LogP contribution in [0.3, 0.4) is 0 Å². The Morgan fingerprint density at radius 2 is 1.76 bits per heavy atom. The van der Waals surface area contributed by atoms with Crippen molar-refractivity contribution < 1.29 is 8.42 Å². The Morgan fingerprint density at radius 3 is 2.24 bits per heavy atom. The highest BCUT2D eigenvalue weighted by atomic mass is 32.2. The summed E-state index contributed by atoms with van der Waals surface area (Å²) in [5.74, 6) is 0.842. The van der Waals surface area contributed by atoms with Crippen LogP contribution >= 0.6 is 0 Å². The van der Waals surface area contributed by atoms with Crippen LogP contribution in [0.2, 0.25) is 0 Å². The number of hydrogen-bond donors (Lipinski definition) is 1. The molecular weight excluding hydrogens is 286 g/mol. The van der Waals surface area contributed by atoms with Crippen LogP contribution in [0.15, 0.2) is 35.5 Å². The molecule has 0 saturated carbocycles. The lowest BCUT2D eigenvalue weighted by Gasteiger charge is -2.10. The molecule has 2 N–H and O–H groups in total. The number of hydrogen-bond acceptors (Lipinski definition) is 3. The van der Waals surface area contributed by atoms with Crippen molar-refractivity contribution in [1.82, 2.24) is 9.55 Å². The van der Waals surface area contributed by atoms with E-state index in [1.165, 1.54) is 11.8 Å². The SMILES string of the molecule is CCc1ccc(Cn2cc(S(N)(=O)=O)nc2C(C)C)cc1. The van der Waals surface area contributed by atoms with Crippen LogP contribution in [0.4, 0.5) is 0 Å². The predicted octanol–water partition coefficient (Wildman–Crippen LogP) is 2.26. The van der Waals surface area contributed by atoms with Crippen molar-refractivity contribution in [2.24, 2.45) is 5.14 Å². The molecule has 0 radical (unpaired) electrons. The Balaban J connectivity index is 2.35. The minimum Gasteiger partial charge on any atom is -0.329 e. The molecule has 0 aliphatic carbocycles. The van der Waals surface area contributed by atoms with Gasteiger partial charge in [0.05, 0.1) is 0 Å². The average Bonchev–Trinajstić information content (AvgIpc) is 2.84. The van der Waals surface area contributed by atoms with Crippen LogP contribution in [0.25, 0.3) is 0 Å². The molecule has 1 aromatic carbocycles. The number of nitrogens with two attached hydrogens (primary N) is 1. The molecule has 0 bridgehead atoms. The minimum atomic E-state index is -3.77.